The Kier molecular flexibility index (Phi) is 5.55. The van der Waals surface area contributed by atoms with Gasteiger partial charge in [0.05, 0.1) is 17.4 Å². The van der Waals surface area contributed by atoms with Gasteiger partial charge in [0, 0.05) is 45.5 Å². The number of hydrogen-bond acceptors (Lipinski definition) is 6. The first kappa shape index (κ1) is 24.5. The van der Waals surface area contributed by atoms with E-state index in [-0.39, 0.29) is 10.8 Å². The molecule has 1 saturated heterocycles. The molecule has 2 atom stereocenters. The fourth-order valence-corrected chi connectivity index (χ4v) is 6.77. The lowest BCUT2D eigenvalue weighted by Gasteiger charge is -2.33. The molecular formula is C28H24ClN3O5S. The predicted octanol–water partition coefficient (Wildman–Crippen LogP) is 4.60. The first-order valence-corrected chi connectivity index (χ1v) is 14.3. The van der Waals surface area contributed by atoms with Crippen LogP contribution in [-0.4, -0.2) is 56.3 Å². The summed E-state index contributed by atoms with van der Waals surface area (Å²) in [5.74, 6) is -0.749. The van der Waals surface area contributed by atoms with Crippen LogP contribution in [0.2, 0.25) is 5.02 Å². The van der Waals surface area contributed by atoms with E-state index in [0.717, 1.165) is 34.0 Å². The van der Waals surface area contributed by atoms with Gasteiger partial charge in [-0.3, -0.25) is 4.79 Å². The highest BCUT2D eigenvalue weighted by Gasteiger charge is 2.58. The van der Waals surface area contributed by atoms with Gasteiger partial charge in [0.25, 0.3) is 5.91 Å². The molecule has 2 N–H and O–H groups in total. The fourth-order valence-electron chi connectivity index (χ4n) is 5.97. The number of methoxy groups -OCH3 is 1. The lowest BCUT2D eigenvalue weighted by molar-refractivity contribution is 0.0592. The van der Waals surface area contributed by atoms with Gasteiger partial charge < -0.3 is 19.9 Å². The molecule has 194 valence electrons. The zero-order valence-electron chi connectivity index (χ0n) is 20.6. The number of halogens is 1. The standard InChI is InChI=1S/C28H24ClN3O5S/c1-37-26(34)24-23(19-15-17(29)9-12-21(19)30-24)28-13-14-32(27(28)31-22-6-4-3-5-20(22)28)25(33)16-7-10-18(11-8-16)38(2,35)36/h3-12,15,27,30-31H,13-14H2,1-2H3. The number of likely N-dealkylation sites (tertiary alicyclic amines) is 1. The second-order valence-corrected chi connectivity index (χ2v) is 12.1. The Hall–Kier alpha value is -3.82. The molecule has 3 aromatic carbocycles. The molecule has 1 fully saturated rings. The lowest BCUT2D eigenvalue weighted by Crippen LogP contribution is -2.47. The van der Waals surface area contributed by atoms with Crippen molar-refractivity contribution >= 4 is 49.9 Å². The van der Waals surface area contributed by atoms with E-state index in [1.54, 1.807) is 11.0 Å². The summed E-state index contributed by atoms with van der Waals surface area (Å²) in [5.41, 5.74) is 3.23. The Morgan fingerprint density at radius 2 is 1.82 bits per heavy atom. The Morgan fingerprint density at radius 1 is 1.08 bits per heavy atom. The Balaban J connectivity index is 1.53. The van der Waals surface area contributed by atoms with E-state index >= 15 is 0 Å². The zero-order chi connectivity index (χ0) is 26.8. The van der Waals surface area contributed by atoms with Crippen molar-refractivity contribution in [2.45, 2.75) is 22.9 Å². The molecule has 0 spiro atoms. The molecule has 2 aliphatic heterocycles. The molecule has 6 rings (SSSR count). The zero-order valence-corrected chi connectivity index (χ0v) is 22.2. The first-order valence-electron chi connectivity index (χ1n) is 12.0. The minimum absolute atomic E-state index is 0.148. The monoisotopic (exact) mass is 549 g/mol. The van der Waals surface area contributed by atoms with E-state index < -0.39 is 27.4 Å². The molecule has 0 aliphatic carbocycles. The van der Waals surface area contributed by atoms with Gasteiger partial charge in [-0.05, 0) is 60.5 Å². The number of sulfone groups is 1. The van der Waals surface area contributed by atoms with Crippen molar-refractivity contribution in [1.29, 1.82) is 0 Å². The summed E-state index contributed by atoms with van der Waals surface area (Å²) >= 11 is 6.41. The summed E-state index contributed by atoms with van der Waals surface area (Å²) in [5, 5.41) is 4.85. The van der Waals surface area contributed by atoms with Crippen LogP contribution in [-0.2, 0) is 20.0 Å². The van der Waals surface area contributed by atoms with Crippen LogP contribution in [0.3, 0.4) is 0 Å². The molecule has 4 aromatic rings. The van der Waals surface area contributed by atoms with Crippen LogP contribution in [0.4, 0.5) is 5.69 Å². The lowest BCUT2D eigenvalue weighted by atomic mass is 9.72. The van der Waals surface area contributed by atoms with Crippen LogP contribution in [0.15, 0.2) is 71.6 Å². The number of anilines is 1. The molecule has 2 aliphatic rings. The van der Waals surface area contributed by atoms with Crippen molar-refractivity contribution in [1.82, 2.24) is 9.88 Å². The second-order valence-electron chi connectivity index (χ2n) is 9.67. The number of rotatable bonds is 4. The molecule has 1 aromatic heterocycles. The number of aromatic amines is 1. The van der Waals surface area contributed by atoms with Crippen molar-refractivity contribution in [2.24, 2.45) is 0 Å². The number of ether oxygens (including phenoxy) is 1. The highest BCUT2D eigenvalue weighted by molar-refractivity contribution is 7.90. The molecular weight excluding hydrogens is 526 g/mol. The quantitative estimate of drug-likeness (QED) is 0.360. The number of aromatic nitrogens is 1. The number of nitrogens with one attached hydrogen (secondary N) is 2. The predicted molar refractivity (Wildman–Crippen MR) is 144 cm³/mol. The van der Waals surface area contributed by atoms with E-state index in [9.17, 15) is 18.0 Å². The molecule has 0 radical (unpaired) electrons. The van der Waals surface area contributed by atoms with Crippen molar-refractivity contribution < 1.29 is 22.7 Å². The third kappa shape index (κ3) is 3.53. The maximum atomic E-state index is 13.8. The summed E-state index contributed by atoms with van der Waals surface area (Å²) in [7, 11) is -2.05. The smallest absolute Gasteiger partial charge is 0.354 e. The molecule has 38 heavy (non-hydrogen) atoms. The SMILES string of the molecule is COC(=O)c1[nH]c2ccc(Cl)cc2c1C12CCN(C(=O)c3ccc(S(C)(=O)=O)cc3)C1Nc1ccccc12. The van der Waals surface area contributed by atoms with Gasteiger partial charge in [0.1, 0.15) is 11.9 Å². The number of para-hydroxylation sites is 1. The van der Waals surface area contributed by atoms with Gasteiger partial charge in [-0.15, -0.1) is 0 Å². The van der Waals surface area contributed by atoms with Gasteiger partial charge in [0.15, 0.2) is 9.84 Å². The largest absolute Gasteiger partial charge is 0.464 e. The summed E-state index contributed by atoms with van der Waals surface area (Å²) < 4.78 is 29.0. The first-order chi connectivity index (χ1) is 18.1. The number of hydrogen-bond donors (Lipinski definition) is 2. The van der Waals surface area contributed by atoms with Gasteiger partial charge in [-0.1, -0.05) is 29.8 Å². The molecule has 8 nitrogen and oxygen atoms in total. The number of carbonyl (C=O) groups excluding carboxylic acids is 2. The highest BCUT2D eigenvalue weighted by Crippen LogP contribution is 2.55. The van der Waals surface area contributed by atoms with Crippen LogP contribution in [0, 0.1) is 0 Å². The van der Waals surface area contributed by atoms with Crippen LogP contribution in [0.5, 0.6) is 0 Å². The second kappa shape index (κ2) is 8.61. The number of H-pyrrole nitrogens is 1. The fraction of sp³-hybridized carbons (Fsp3) is 0.214. The van der Waals surface area contributed by atoms with Crippen LogP contribution in [0.25, 0.3) is 10.9 Å². The summed E-state index contributed by atoms with van der Waals surface area (Å²) in [6, 6.07) is 19.2. The van der Waals surface area contributed by atoms with E-state index in [1.807, 2.05) is 36.4 Å². The van der Waals surface area contributed by atoms with E-state index in [0.29, 0.717) is 29.2 Å². The van der Waals surface area contributed by atoms with Gasteiger partial charge in [-0.2, -0.15) is 0 Å². The maximum absolute atomic E-state index is 13.8. The Bertz CT molecular complexity index is 1730. The minimum atomic E-state index is -3.39. The Labute approximate surface area is 224 Å². The van der Waals surface area contributed by atoms with Crippen molar-refractivity contribution in [3.8, 4) is 0 Å². The van der Waals surface area contributed by atoms with E-state index in [2.05, 4.69) is 10.3 Å². The van der Waals surface area contributed by atoms with E-state index in [1.165, 1.54) is 31.4 Å². The summed E-state index contributed by atoms with van der Waals surface area (Å²) in [6.07, 6.45) is 1.16. The van der Waals surface area contributed by atoms with Gasteiger partial charge in [-0.25, -0.2) is 13.2 Å². The molecule has 10 heteroatoms. The van der Waals surface area contributed by atoms with Crippen LogP contribution < -0.4 is 5.32 Å². The third-order valence-corrected chi connectivity index (χ3v) is 8.98. The summed E-state index contributed by atoms with van der Waals surface area (Å²) in [6.45, 7) is 0.409. The van der Waals surface area contributed by atoms with E-state index in [4.69, 9.17) is 16.3 Å². The number of esters is 1. The topological polar surface area (TPSA) is 109 Å². The van der Waals surface area contributed by atoms with Crippen LogP contribution >= 0.6 is 11.6 Å². The highest BCUT2D eigenvalue weighted by atomic mass is 35.5. The third-order valence-electron chi connectivity index (χ3n) is 7.61. The van der Waals surface area contributed by atoms with Gasteiger partial charge >= 0.3 is 5.97 Å². The normalized spacial score (nSPS) is 20.2. The molecule has 1 amide bonds. The molecule has 0 saturated carbocycles. The Morgan fingerprint density at radius 3 is 2.53 bits per heavy atom. The number of amides is 1. The van der Waals surface area contributed by atoms with Crippen LogP contribution in [0.1, 0.15) is 38.4 Å². The molecule has 0 bridgehead atoms. The number of carbonyl (C=O) groups is 2. The summed E-state index contributed by atoms with van der Waals surface area (Å²) in [4.78, 5) is 32.0. The van der Waals surface area contributed by atoms with Crippen molar-refractivity contribution in [3.63, 3.8) is 0 Å². The van der Waals surface area contributed by atoms with Gasteiger partial charge in [0.2, 0.25) is 0 Å². The minimum Gasteiger partial charge on any atom is -0.464 e. The average Bonchev–Trinajstić information content (AvgIpc) is 3.56. The maximum Gasteiger partial charge on any atom is 0.354 e. The number of fused-ring (bicyclic) bond motifs is 4. The number of nitrogens with zero attached hydrogens (tertiary/aromatic N) is 1. The van der Waals surface area contributed by atoms with Crippen molar-refractivity contribution in [2.75, 3.05) is 25.2 Å². The molecule has 2 unspecified atom stereocenters. The van der Waals surface area contributed by atoms with Crippen molar-refractivity contribution in [3.05, 3.63) is 94.1 Å². The molecule has 3 heterocycles. The average molecular weight is 550 g/mol. The number of benzene rings is 3.